The van der Waals surface area contributed by atoms with Gasteiger partial charge in [-0.2, -0.15) is 0 Å². The van der Waals surface area contributed by atoms with Gasteiger partial charge in [0.25, 0.3) is 0 Å². The molecule has 3 rings (SSSR count). The van der Waals surface area contributed by atoms with E-state index in [1.165, 1.54) is 27.2 Å². The molecule has 1 aromatic heterocycles. The van der Waals surface area contributed by atoms with Gasteiger partial charge in [-0.15, -0.1) is 0 Å². The number of methoxy groups -OCH3 is 2. The second-order valence-corrected chi connectivity index (χ2v) is 9.65. The fourth-order valence-corrected chi connectivity index (χ4v) is 4.23. The molecule has 44 heavy (non-hydrogen) atoms. The van der Waals surface area contributed by atoms with Crippen molar-refractivity contribution in [2.45, 2.75) is 39.0 Å². The maximum Gasteiger partial charge on any atom is 0.412 e. The fraction of sp³-hybridized carbons (Fsp3) is 0.433. The van der Waals surface area contributed by atoms with Crippen LogP contribution in [0.4, 0.5) is 14.4 Å². The largest absolute Gasteiger partial charge is 0.469 e. The molecule has 3 amide bonds. The molecule has 0 fully saturated rings. The van der Waals surface area contributed by atoms with Crippen molar-refractivity contribution in [2.24, 2.45) is 0 Å². The van der Waals surface area contributed by atoms with E-state index in [2.05, 4.69) is 30.7 Å². The zero-order valence-corrected chi connectivity index (χ0v) is 25.0. The first-order valence-electron chi connectivity index (χ1n) is 14.2. The summed E-state index contributed by atoms with van der Waals surface area (Å²) in [7, 11) is 2.63. The third-order valence-corrected chi connectivity index (χ3v) is 6.45. The summed E-state index contributed by atoms with van der Waals surface area (Å²) in [5.41, 5.74) is 0.0769. The number of furan rings is 1. The highest BCUT2D eigenvalue weighted by Crippen LogP contribution is 2.44. The maximum atomic E-state index is 12.7. The number of nitrogens with one attached hydrogen (secondary N) is 4. The number of ether oxygens (including phenoxy) is 4. The van der Waals surface area contributed by atoms with E-state index in [9.17, 15) is 24.0 Å². The lowest BCUT2D eigenvalue weighted by Crippen LogP contribution is -2.34. The SMILES string of the molecule is COC(=O)CCCNCCNC(=O)Oc1c2ccccc2c(OC(=O)NCCCCCNC(=O)OC)c2oc(C(C)=O)cc12. The van der Waals surface area contributed by atoms with Crippen LogP contribution in [0.1, 0.15) is 49.6 Å². The Labute approximate surface area is 254 Å². The number of carbonyl (C=O) groups excluding carboxylic acids is 5. The molecule has 0 atom stereocenters. The van der Waals surface area contributed by atoms with Crippen molar-refractivity contribution in [2.75, 3.05) is 46.9 Å². The first kappa shape index (κ1) is 33.6. The van der Waals surface area contributed by atoms with Crippen LogP contribution in [0.2, 0.25) is 0 Å². The Morgan fingerprint density at radius 3 is 1.93 bits per heavy atom. The number of esters is 1. The summed E-state index contributed by atoms with van der Waals surface area (Å²) in [5, 5.41) is 12.2. The van der Waals surface area contributed by atoms with Crippen LogP contribution in [-0.2, 0) is 14.3 Å². The molecule has 0 saturated carbocycles. The molecule has 1 heterocycles. The van der Waals surface area contributed by atoms with Crippen molar-refractivity contribution >= 4 is 51.8 Å². The summed E-state index contributed by atoms with van der Waals surface area (Å²) in [4.78, 5) is 59.9. The fourth-order valence-electron chi connectivity index (χ4n) is 4.23. The van der Waals surface area contributed by atoms with Gasteiger partial charge in [-0.05, 0) is 38.3 Å². The lowest BCUT2D eigenvalue weighted by Gasteiger charge is -2.14. The van der Waals surface area contributed by atoms with E-state index in [0.717, 1.165) is 6.42 Å². The van der Waals surface area contributed by atoms with Gasteiger partial charge in [-0.3, -0.25) is 9.59 Å². The third-order valence-electron chi connectivity index (χ3n) is 6.45. The van der Waals surface area contributed by atoms with E-state index in [1.807, 2.05) is 0 Å². The molecule has 0 spiro atoms. The molecule has 0 unspecified atom stereocenters. The molecule has 3 aromatic rings. The lowest BCUT2D eigenvalue weighted by molar-refractivity contribution is -0.140. The lowest BCUT2D eigenvalue weighted by atomic mass is 10.1. The van der Waals surface area contributed by atoms with Crippen LogP contribution >= 0.6 is 0 Å². The highest BCUT2D eigenvalue weighted by Gasteiger charge is 2.24. The number of carbonyl (C=O) groups is 5. The van der Waals surface area contributed by atoms with Gasteiger partial charge in [-0.1, -0.05) is 24.3 Å². The van der Waals surface area contributed by atoms with Gasteiger partial charge < -0.3 is 44.6 Å². The summed E-state index contributed by atoms with van der Waals surface area (Å²) in [5.74, 6) is -0.427. The number of Topliss-reactive ketones (excluding diaryl/α,β-unsaturated/α-hetero) is 1. The highest BCUT2D eigenvalue weighted by atomic mass is 16.6. The third kappa shape index (κ3) is 9.87. The second kappa shape index (κ2) is 17.3. The Morgan fingerprint density at radius 2 is 1.30 bits per heavy atom. The number of unbranched alkanes of at least 4 members (excludes halogenated alkanes) is 2. The number of fused-ring (bicyclic) bond motifs is 2. The minimum absolute atomic E-state index is 0.00235. The molecule has 0 bridgehead atoms. The first-order chi connectivity index (χ1) is 21.2. The normalized spacial score (nSPS) is 10.7. The monoisotopic (exact) mass is 614 g/mol. The van der Waals surface area contributed by atoms with Gasteiger partial charge >= 0.3 is 24.2 Å². The van der Waals surface area contributed by atoms with E-state index in [1.54, 1.807) is 24.3 Å². The molecule has 238 valence electrons. The van der Waals surface area contributed by atoms with E-state index < -0.39 is 18.3 Å². The molecule has 2 aromatic carbocycles. The number of ketones is 1. The van der Waals surface area contributed by atoms with Crippen molar-refractivity contribution in [3.05, 3.63) is 36.1 Å². The first-order valence-corrected chi connectivity index (χ1v) is 14.2. The Hall–Kier alpha value is -4.85. The van der Waals surface area contributed by atoms with Crippen molar-refractivity contribution in [1.82, 2.24) is 21.3 Å². The van der Waals surface area contributed by atoms with Crippen molar-refractivity contribution in [3.8, 4) is 11.5 Å². The van der Waals surface area contributed by atoms with E-state index in [4.69, 9.17) is 13.9 Å². The van der Waals surface area contributed by atoms with Gasteiger partial charge in [0.1, 0.15) is 0 Å². The number of hydrogen-bond acceptors (Lipinski definition) is 11. The molecule has 4 N–H and O–H groups in total. The van der Waals surface area contributed by atoms with Crippen molar-refractivity contribution < 1.29 is 47.3 Å². The quantitative estimate of drug-likeness (QED) is 0.104. The van der Waals surface area contributed by atoms with Crippen molar-refractivity contribution in [3.63, 3.8) is 0 Å². The van der Waals surface area contributed by atoms with E-state index >= 15 is 0 Å². The average Bonchev–Trinajstić information content (AvgIpc) is 3.47. The maximum absolute atomic E-state index is 12.7. The zero-order valence-electron chi connectivity index (χ0n) is 25.0. The second-order valence-electron chi connectivity index (χ2n) is 9.65. The molecule has 0 saturated heterocycles. The molecule has 0 aliphatic carbocycles. The number of hydrogen-bond donors (Lipinski definition) is 4. The van der Waals surface area contributed by atoms with Crippen LogP contribution in [-0.4, -0.2) is 77.0 Å². The summed E-state index contributed by atoms with van der Waals surface area (Å²) in [6.45, 7) is 3.39. The Kier molecular flexibility index (Phi) is 13.2. The van der Waals surface area contributed by atoms with Crippen LogP contribution in [0.15, 0.2) is 34.7 Å². The zero-order chi connectivity index (χ0) is 31.9. The van der Waals surface area contributed by atoms with Gasteiger partial charge in [0.05, 0.1) is 19.6 Å². The Balaban J connectivity index is 1.68. The molecular formula is C30H38N4O10. The van der Waals surface area contributed by atoms with Gasteiger partial charge in [0.2, 0.25) is 0 Å². The smallest absolute Gasteiger partial charge is 0.412 e. The van der Waals surface area contributed by atoms with Crippen LogP contribution in [0.25, 0.3) is 21.7 Å². The molecule has 0 aliphatic heterocycles. The summed E-state index contributed by atoms with van der Waals surface area (Å²) >= 11 is 0. The predicted octanol–water partition coefficient (Wildman–Crippen LogP) is 4.03. The minimum Gasteiger partial charge on any atom is -0.469 e. The number of amides is 3. The number of alkyl carbamates (subject to hydrolysis) is 1. The van der Waals surface area contributed by atoms with Crippen LogP contribution in [0.5, 0.6) is 11.5 Å². The standard InChI is InChI=1S/C30H38N4O10/c1-19(35)23-18-22-25(43-30(39)34-17-16-31-13-9-12-24(36)40-2)20-10-5-6-11-21(20)26(27(22)42-23)44-29(38)33-15-8-4-7-14-32-28(37)41-3/h5-6,10-11,18,31H,4,7-9,12-17H2,1-3H3,(H,32,37)(H,33,38)(H,34,39). The van der Waals surface area contributed by atoms with E-state index in [0.29, 0.717) is 62.6 Å². The average molecular weight is 615 g/mol. The topological polar surface area (TPSA) is 184 Å². The highest BCUT2D eigenvalue weighted by molar-refractivity contribution is 6.12. The Bertz CT molecular complexity index is 1370. The molecule has 14 heteroatoms. The minimum atomic E-state index is -0.730. The molecular weight excluding hydrogens is 576 g/mol. The van der Waals surface area contributed by atoms with Gasteiger partial charge in [0, 0.05) is 50.3 Å². The summed E-state index contributed by atoms with van der Waals surface area (Å²) in [6.07, 6.45) is 1.05. The molecule has 14 nitrogen and oxygen atoms in total. The van der Waals surface area contributed by atoms with Crippen molar-refractivity contribution in [1.29, 1.82) is 0 Å². The van der Waals surface area contributed by atoms with Crippen LogP contribution in [0, 0.1) is 0 Å². The molecule has 0 aliphatic rings. The van der Waals surface area contributed by atoms with Crippen LogP contribution in [0.3, 0.4) is 0 Å². The van der Waals surface area contributed by atoms with Gasteiger partial charge in [-0.25, -0.2) is 14.4 Å². The molecule has 0 radical (unpaired) electrons. The van der Waals surface area contributed by atoms with Crippen LogP contribution < -0.4 is 30.7 Å². The number of benzene rings is 2. The Morgan fingerprint density at radius 1 is 0.682 bits per heavy atom. The summed E-state index contributed by atoms with van der Waals surface area (Å²) < 4.78 is 26.3. The predicted molar refractivity (Wildman–Crippen MR) is 160 cm³/mol. The van der Waals surface area contributed by atoms with E-state index in [-0.39, 0.29) is 46.5 Å². The van der Waals surface area contributed by atoms with Gasteiger partial charge in [0.15, 0.2) is 28.6 Å². The summed E-state index contributed by atoms with van der Waals surface area (Å²) in [6, 6.07) is 8.30. The number of rotatable bonds is 16.